The van der Waals surface area contributed by atoms with Crippen LogP contribution in [0.2, 0.25) is 0 Å². The molecule has 2 saturated heterocycles. The van der Waals surface area contributed by atoms with Gasteiger partial charge in [-0.25, -0.2) is 0 Å². The average molecular weight is 296 g/mol. The fourth-order valence-electron chi connectivity index (χ4n) is 3.71. The Morgan fingerprint density at radius 1 is 1.09 bits per heavy atom. The molecule has 2 aromatic rings. The predicted octanol–water partition coefficient (Wildman–Crippen LogP) is 2.68. The lowest BCUT2D eigenvalue weighted by molar-refractivity contribution is -0.120. The van der Waals surface area contributed by atoms with E-state index in [2.05, 4.69) is 4.90 Å². The molecule has 0 radical (unpaired) electrons. The van der Waals surface area contributed by atoms with Crippen molar-refractivity contribution >= 4 is 11.6 Å². The minimum absolute atomic E-state index is 0.135. The zero-order chi connectivity index (χ0) is 15.1. The van der Waals surface area contributed by atoms with Gasteiger partial charge in [-0.1, -0.05) is 18.2 Å². The highest BCUT2D eigenvalue weighted by atomic mass is 16.3. The van der Waals surface area contributed by atoms with Gasteiger partial charge in [-0.15, -0.1) is 0 Å². The SMILES string of the molecule is Cc1ccc(CN2C[C@@H]3CN(c4ccccc4)C(=O)[C@@H]3C2)o1. The number of furan rings is 1. The van der Waals surface area contributed by atoms with Gasteiger partial charge in [-0.3, -0.25) is 9.69 Å². The lowest BCUT2D eigenvalue weighted by Crippen LogP contribution is -2.32. The summed E-state index contributed by atoms with van der Waals surface area (Å²) in [4.78, 5) is 17.0. The third kappa shape index (κ3) is 2.33. The number of fused-ring (bicyclic) bond motifs is 1. The summed E-state index contributed by atoms with van der Waals surface area (Å²) in [6.07, 6.45) is 0. The van der Waals surface area contributed by atoms with Gasteiger partial charge in [0.2, 0.25) is 5.91 Å². The quantitative estimate of drug-likeness (QED) is 0.874. The number of hydrogen-bond acceptors (Lipinski definition) is 3. The molecule has 0 N–H and O–H groups in total. The van der Waals surface area contributed by atoms with Gasteiger partial charge in [0, 0.05) is 31.2 Å². The molecule has 4 nitrogen and oxygen atoms in total. The molecule has 2 fully saturated rings. The maximum absolute atomic E-state index is 12.7. The Balaban J connectivity index is 1.44. The summed E-state index contributed by atoms with van der Waals surface area (Å²) in [7, 11) is 0. The first-order chi connectivity index (χ1) is 10.7. The van der Waals surface area contributed by atoms with E-state index in [-0.39, 0.29) is 11.8 Å². The van der Waals surface area contributed by atoms with E-state index in [0.29, 0.717) is 5.92 Å². The minimum Gasteiger partial charge on any atom is -0.465 e. The van der Waals surface area contributed by atoms with Crippen molar-refractivity contribution < 1.29 is 9.21 Å². The van der Waals surface area contributed by atoms with Gasteiger partial charge in [-0.2, -0.15) is 0 Å². The minimum atomic E-state index is 0.135. The van der Waals surface area contributed by atoms with E-state index in [1.165, 1.54) is 0 Å². The number of amides is 1. The fraction of sp³-hybridized carbons (Fsp3) is 0.389. The molecule has 114 valence electrons. The summed E-state index contributed by atoms with van der Waals surface area (Å²) in [5, 5.41) is 0. The standard InChI is InChI=1S/C18H20N2O2/c1-13-7-8-16(22-13)11-19-9-14-10-20(18(21)17(14)12-19)15-5-3-2-4-6-15/h2-8,14,17H,9-12H2,1H3/t14-,17-/m1/s1. The van der Waals surface area contributed by atoms with Gasteiger partial charge in [0.25, 0.3) is 0 Å². The van der Waals surface area contributed by atoms with E-state index < -0.39 is 0 Å². The molecule has 1 amide bonds. The van der Waals surface area contributed by atoms with Gasteiger partial charge >= 0.3 is 0 Å². The summed E-state index contributed by atoms with van der Waals surface area (Å²) < 4.78 is 5.65. The smallest absolute Gasteiger partial charge is 0.231 e. The number of carbonyl (C=O) groups is 1. The predicted molar refractivity (Wildman–Crippen MR) is 84.5 cm³/mol. The summed E-state index contributed by atoms with van der Waals surface area (Å²) in [6, 6.07) is 14.0. The number of rotatable bonds is 3. The topological polar surface area (TPSA) is 36.7 Å². The highest BCUT2D eigenvalue weighted by molar-refractivity contribution is 5.98. The van der Waals surface area contributed by atoms with Gasteiger partial charge in [0.15, 0.2) is 0 Å². The van der Waals surface area contributed by atoms with Crippen molar-refractivity contribution in [3.8, 4) is 0 Å². The van der Waals surface area contributed by atoms with Crippen molar-refractivity contribution in [3.05, 3.63) is 54.0 Å². The molecule has 0 unspecified atom stereocenters. The fourth-order valence-corrected chi connectivity index (χ4v) is 3.71. The van der Waals surface area contributed by atoms with E-state index in [0.717, 1.165) is 43.4 Å². The molecule has 0 aliphatic carbocycles. The second-order valence-corrected chi connectivity index (χ2v) is 6.36. The van der Waals surface area contributed by atoms with E-state index in [4.69, 9.17) is 4.42 Å². The van der Waals surface area contributed by atoms with Crippen molar-refractivity contribution in [1.29, 1.82) is 0 Å². The third-order valence-electron chi connectivity index (χ3n) is 4.76. The molecule has 2 aliphatic heterocycles. The zero-order valence-corrected chi connectivity index (χ0v) is 12.7. The summed E-state index contributed by atoms with van der Waals surface area (Å²) in [5.74, 6) is 2.78. The Labute approximate surface area is 130 Å². The number of anilines is 1. The molecule has 2 atom stereocenters. The molecule has 4 rings (SSSR count). The number of para-hydroxylation sites is 1. The van der Waals surface area contributed by atoms with Gasteiger partial charge in [-0.05, 0) is 31.2 Å². The van der Waals surface area contributed by atoms with Crippen LogP contribution >= 0.6 is 0 Å². The van der Waals surface area contributed by atoms with Gasteiger partial charge in [0.05, 0.1) is 12.5 Å². The largest absolute Gasteiger partial charge is 0.465 e. The Morgan fingerprint density at radius 2 is 1.91 bits per heavy atom. The molecular weight excluding hydrogens is 276 g/mol. The van der Waals surface area contributed by atoms with E-state index >= 15 is 0 Å². The molecule has 3 heterocycles. The molecule has 2 aliphatic rings. The Morgan fingerprint density at radius 3 is 2.59 bits per heavy atom. The van der Waals surface area contributed by atoms with Crippen LogP contribution in [0.15, 0.2) is 46.9 Å². The number of aryl methyl sites for hydroxylation is 1. The third-order valence-corrected chi connectivity index (χ3v) is 4.76. The van der Waals surface area contributed by atoms with Crippen molar-refractivity contribution in [2.24, 2.45) is 11.8 Å². The second kappa shape index (κ2) is 5.29. The van der Waals surface area contributed by atoms with Gasteiger partial charge in [0.1, 0.15) is 11.5 Å². The molecule has 0 bridgehead atoms. The molecule has 22 heavy (non-hydrogen) atoms. The molecule has 4 heteroatoms. The lowest BCUT2D eigenvalue weighted by atomic mass is 10.0. The van der Waals surface area contributed by atoms with Crippen LogP contribution in [0.4, 0.5) is 5.69 Å². The van der Waals surface area contributed by atoms with Crippen LogP contribution in [-0.4, -0.2) is 30.4 Å². The molecule has 0 spiro atoms. The van der Waals surface area contributed by atoms with Crippen LogP contribution in [-0.2, 0) is 11.3 Å². The lowest BCUT2D eigenvalue weighted by Gasteiger charge is -2.21. The monoisotopic (exact) mass is 296 g/mol. The number of nitrogens with zero attached hydrogens (tertiary/aromatic N) is 2. The molecule has 0 saturated carbocycles. The van der Waals surface area contributed by atoms with E-state index in [1.807, 2.05) is 54.3 Å². The summed E-state index contributed by atoms with van der Waals surface area (Å²) >= 11 is 0. The number of likely N-dealkylation sites (tertiary alicyclic amines) is 1. The highest BCUT2D eigenvalue weighted by Crippen LogP contribution is 2.35. The maximum atomic E-state index is 12.7. The molecule has 1 aromatic carbocycles. The summed E-state index contributed by atoms with van der Waals surface area (Å²) in [6.45, 7) is 5.41. The number of carbonyl (C=O) groups excluding carboxylic acids is 1. The Bertz CT molecular complexity index is 679. The Hall–Kier alpha value is -2.07. The molecular formula is C18H20N2O2. The molecule has 1 aromatic heterocycles. The maximum Gasteiger partial charge on any atom is 0.231 e. The van der Waals surface area contributed by atoms with Crippen LogP contribution in [0, 0.1) is 18.8 Å². The first-order valence-corrected chi connectivity index (χ1v) is 7.85. The highest BCUT2D eigenvalue weighted by Gasteiger charge is 2.46. The Kier molecular flexibility index (Phi) is 3.26. The van der Waals surface area contributed by atoms with Crippen molar-refractivity contribution in [2.75, 3.05) is 24.5 Å². The van der Waals surface area contributed by atoms with Crippen molar-refractivity contribution in [1.82, 2.24) is 4.90 Å². The first-order valence-electron chi connectivity index (χ1n) is 7.85. The van der Waals surface area contributed by atoms with Crippen LogP contribution in [0.5, 0.6) is 0 Å². The van der Waals surface area contributed by atoms with Crippen molar-refractivity contribution in [3.63, 3.8) is 0 Å². The number of benzene rings is 1. The van der Waals surface area contributed by atoms with Gasteiger partial charge < -0.3 is 9.32 Å². The first kappa shape index (κ1) is 13.6. The normalized spacial score (nSPS) is 25.0. The van der Waals surface area contributed by atoms with Crippen LogP contribution < -0.4 is 4.90 Å². The zero-order valence-electron chi connectivity index (χ0n) is 12.7. The van der Waals surface area contributed by atoms with Crippen LogP contribution in [0.25, 0.3) is 0 Å². The summed E-state index contributed by atoms with van der Waals surface area (Å²) in [5.41, 5.74) is 1.02. The van der Waals surface area contributed by atoms with Crippen LogP contribution in [0.1, 0.15) is 11.5 Å². The second-order valence-electron chi connectivity index (χ2n) is 6.36. The van der Waals surface area contributed by atoms with Crippen molar-refractivity contribution in [2.45, 2.75) is 13.5 Å². The van der Waals surface area contributed by atoms with Crippen LogP contribution in [0.3, 0.4) is 0 Å². The van der Waals surface area contributed by atoms with E-state index in [1.54, 1.807) is 0 Å². The number of hydrogen-bond donors (Lipinski definition) is 0. The van der Waals surface area contributed by atoms with E-state index in [9.17, 15) is 4.79 Å². The average Bonchev–Trinajstić information content (AvgIpc) is 3.18.